The van der Waals surface area contributed by atoms with Crippen LogP contribution in [-0.4, -0.2) is 33.4 Å². The van der Waals surface area contributed by atoms with Crippen molar-refractivity contribution in [2.24, 2.45) is 0 Å². The molecule has 4 nitrogen and oxygen atoms in total. The van der Waals surface area contributed by atoms with E-state index in [1.54, 1.807) is 11.3 Å². The van der Waals surface area contributed by atoms with Gasteiger partial charge in [0.05, 0.1) is 10.6 Å². The molecule has 4 rings (SSSR count). The largest absolute Gasteiger partial charge is 0.335 e. The second kappa shape index (κ2) is 6.10. The highest BCUT2D eigenvalue weighted by atomic mass is 32.1. The lowest BCUT2D eigenvalue weighted by Crippen LogP contribution is -2.38. The van der Waals surface area contributed by atoms with Gasteiger partial charge in [0.1, 0.15) is 10.7 Å². The van der Waals surface area contributed by atoms with Gasteiger partial charge in [-0.2, -0.15) is 0 Å². The summed E-state index contributed by atoms with van der Waals surface area (Å²) in [5.74, 6) is 1.71. The standard InChI is InChI=1S/C19H25N3OS/c1-4-22(14-7-5-6-8-14)19(23)16-11(2)15-12(3)20-17(13-9-10-13)21-18(15)24-16/h13-14H,4-10H2,1-3H3. The maximum Gasteiger partial charge on any atom is 0.264 e. The van der Waals surface area contributed by atoms with Crippen molar-refractivity contribution in [3.05, 3.63) is 22.0 Å². The van der Waals surface area contributed by atoms with Crippen LogP contribution in [0.3, 0.4) is 0 Å². The molecule has 2 heterocycles. The molecule has 0 radical (unpaired) electrons. The molecule has 24 heavy (non-hydrogen) atoms. The molecular weight excluding hydrogens is 318 g/mol. The van der Waals surface area contributed by atoms with Crippen molar-refractivity contribution in [1.82, 2.24) is 14.9 Å². The van der Waals surface area contributed by atoms with Crippen LogP contribution in [-0.2, 0) is 0 Å². The Morgan fingerprint density at radius 3 is 2.50 bits per heavy atom. The van der Waals surface area contributed by atoms with E-state index in [-0.39, 0.29) is 5.91 Å². The predicted octanol–water partition coefficient (Wildman–Crippen LogP) is 4.59. The molecule has 0 atom stereocenters. The summed E-state index contributed by atoms with van der Waals surface area (Å²) in [6, 6.07) is 0.418. The third-order valence-electron chi connectivity index (χ3n) is 5.49. The van der Waals surface area contributed by atoms with Gasteiger partial charge in [0.15, 0.2) is 0 Å². The lowest BCUT2D eigenvalue weighted by Gasteiger charge is -2.27. The maximum absolute atomic E-state index is 13.2. The van der Waals surface area contributed by atoms with Crippen LogP contribution in [0, 0.1) is 13.8 Å². The van der Waals surface area contributed by atoms with E-state index in [4.69, 9.17) is 9.97 Å². The number of hydrogen-bond donors (Lipinski definition) is 0. The molecule has 0 saturated heterocycles. The highest BCUT2D eigenvalue weighted by molar-refractivity contribution is 7.20. The van der Waals surface area contributed by atoms with Crippen molar-refractivity contribution >= 4 is 27.5 Å². The summed E-state index contributed by atoms with van der Waals surface area (Å²) in [6.07, 6.45) is 7.19. The number of fused-ring (bicyclic) bond motifs is 1. The molecule has 2 saturated carbocycles. The Hall–Kier alpha value is -1.49. The minimum absolute atomic E-state index is 0.192. The molecule has 2 aromatic rings. The zero-order valence-corrected chi connectivity index (χ0v) is 15.6. The quantitative estimate of drug-likeness (QED) is 0.815. The summed E-state index contributed by atoms with van der Waals surface area (Å²) in [6.45, 7) is 6.99. The fourth-order valence-electron chi connectivity index (χ4n) is 4.00. The van der Waals surface area contributed by atoms with E-state index < -0.39 is 0 Å². The number of amides is 1. The first kappa shape index (κ1) is 16.0. The zero-order chi connectivity index (χ0) is 16.8. The minimum Gasteiger partial charge on any atom is -0.335 e. The third kappa shape index (κ3) is 2.63. The van der Waals surface area contributed by atoms with Crippen LogP contribution in [0.2, 0.25) is 0 Å². The smallest absolute Gasteiger partial charge is 0.264 e. The Balaban J connectivity index is 1.74. The molecule has 2 aromatic heterocycles. The molecular formula is C19H25N3OS. The van der Waals surface area contributed by atoms with Crippen LogP contribution in [0.1, 0.15) is 78.1 Å². The summed E-state index contributed by atoms with van der Waals surface area (Å²) < 4.78 is 0. The van der Waals surface area contributed by atoms with E-state index in [0.717, 1.165) is 51.6 Å². The summed E-state index contributed by atoms with van der Waals surface area (Å²) in [4.78, 5) is 26.6. The Labute approximate surface area is 147 Å². The number of hydrogen-bond acceptors (Lipinski definition) is 4. The first-order valence-corrected chi connectivity index (χ1v) is 10.0. The van der Waals surface area contributed by atoms with Crippen molar-refractivity contribution in [2.45, 2.75) is 71.3 Å². The third-order valence-corrected chi connectivity index (χ3v) is 6.67. The summed E-state index contributed by atoms with van der Waals surface area (Å²) in [5, 5.41) is 1.09. The van der Waals surface area contributed by atoms with Gasteiger partial charge >= 0.3 is 0 Å². The topological polar surface area (TPSA) is 46.1 Å². The highest BCUT2D eigenvalue weighted by Gasteiger charge is 2.31. The van der Waals surface area contributed by atoms with Gasteiger partial charge in [-0.1, -0.05) is 12.8 Å². The van der Waals surface area contributed by atoms with E-state index in [9.17, 15) is 4.79 Å². The van der Waals surface area contributed by atoms with Gasteiger partial charge in [0.2, 0.25) is 0 Å². The fraction of sp³-hybridized carbons (Fsp3) is 0.632. The summed E-state index contributed by atoms with van der Waals surface area (Å²) >= 11 is 1.57. The number of aryl methyl sites for hydroxylation is 2. The molecule has 5 heteroatoms. The number of nitrogens with zero attached hydrogens (tertiary/aromatic N) is 3. The van der Waals surface area contributed by atoms with E-state index in [1.807, 2.05) is 0 Å². The van der Waals surface area contributed by atoms with Crippen LogP contribution >= 0.6 is 11.3 Å². The number of aromatic nitrogens is 2. The van der Waals surface area contributed by atoms with E-state index in [1.165, 1.54) is 25.7 Å². The summed E-state index contributed by atoms with van der Waals surface area (Å²) in [7, 11) is 0. The van der Waals surface area contributed by atoms with Gasteiger partial charge < -0.3 is 4.90 Å². The molecule has 2 aliphatic carbocycles. The number of carbonyl (C=O) groups is 1. The molecule has 2 fully saturated rings. The Kier molecular flexibility index (Phi) is 4.07. The van der Waals surface area contributed by atoms with Gasteiger partial charge in [0.25, 0.3) is 5.91 Å². The number of carbonyl (C=O) groups excluding carboxylic acids is 1. The van der Waals surface area contributed by atoms with Gasteiger partial charge in [0, 0.05) is 23.9 Å². The van der Waals surface area contributed by atoms with Crippen molar-refractivity contribution in [2.75, 3.05) is 6.54 Å². The molecule has 0 bridgehead atoms. The molecule has 0 aromatic carbocycles. The molecule has 2 aliphatic rings. The van der Waals surface area contributed by atoms with Crippen molar-refractivity contribution in [1.29, 1.82) is 0 Å². The van der Waals surface area contributed by atoms with E-state index >= 15 is 0 Å². The average Bonchev–Trinajstić information content (AvgIpc) is 3.18. The van der Waals surface area contributed by atoms with Gasteiger partial charge in [-0.3, -0.25) is 4.79 Å². The lowest BCUT2D eigenvalue weighted by molar-refractivity contribution is 0.0698. The van der Waals surface area contributed by atoms with E-state index in [2.05, 4.69) is 25.7 Å². The zero-order valence-electron chi connectivity index (χ0n) is 14.8. The lowest BCUT2D eigenvalue weighted by atomic mass is 10.1. The van der Waals surface area contributed by atoms with E-state index in [0.29, 0.717) is 12.0 Å². The van der Waals surface area contributed by atoms with Gasteiger partial charge in [-0.05, 0) is 52.0 Å². The number of rotatable bonds is 4. The highest BCUT2D eigenvalue weighted by Crippen LogP contribution is 2.40. The van der Waals surface area contributed by atoms with Crippen LogP contribution in [0.25, 0.3) is 10.2 Å². The van der Waals surface area contributed by atoms with Crippen molar-refractivity contribution in [3.63, 3.8) is 0 Å². The molecule has 1 amide bonds. The number of thiophene rings is 1. The van der Waals surface area contributed by atoms with Crippen molar-refractivity contribution < 1.29 is 4.79 Å². The van der Waals surface area contributed by atoms with Crippen LogP contribution in [0.4, 0.5) is 0 Å². The predicted molar refractivity (Wildman–Crippen MR) is 97.8 cm³/mol. The molecule has 0 unspecified atom stereocenters. The maximum atomic E-state index is 13.2. The molecule has 0 aliphatic heterocycles. The van der Waals surface area contributed by atoms with Crippen LogP contribution < -0.4 is 0 Å². The van der Waals surface area contributed by atoms with Crippen molar-refractivity contribution in [3.8, 4) is 0 Å². The van der Waals surface area contributed by atoms with Crippen LogP contribution in [0.15, 0.2) is 0 Å². The molecule has 0 N–H and O–H groups in total. The monoisotopic (exact) mass is 343 g/mol. The average molecular weight is 343 g/mol. The SMILES string of the molecule is CCN(C(=O)c1sc2nc(C3CC3)nc(C)c2c1C)C1CCCC1. The second-order valence-corrected chi connectivity index (χ2v) is 8.21. The first-order chi connectivity index (χ1) is 11.6. The minimum atomic E-state index is 0.192. The normalized spacial score (nSPS) is 18.5. The van der Waals surface area contributed by atoms with Gasteiger partial charge in [-0.25, -0.2) is 9.97 Å². The fourth-order valence-corrected chi connectivity index (χ4v) is 5.20. The van der Waals surface area contributed by atoms with Crippen LogP contribution in [0.5, 0.6) is 0 Å². The Morgan fingerprint density at radius 1 is 1.17 bits per heavy atom. The second-order valence-electron chi connectivity index (χ2n) is 7.21. The Morgan fingerprint density at radius 2 is 1.88 bits per heavy atom. The summed E-state index contributed by atoms with van der Waals surface area (Å²) in [5.41, 5.74) is 2.09. The Bertz CT molecular complexity index is 787. The molecule has 0 spiro atoms. The van der Waals surface area contributed by atoms with Gasteiger partial charge in [-0.15, -0.1) is 11.3 Å². The molecule has 128 valence electrons. The first-order valence-electron chi connectivity index (χ1n) is 9.18.